The number of methoxy groups -OCH3 is 3. The van der Waals surface area contributed by atoms with E-state index in [2.05, 4.69) is 6.92 Å². The molecule has 1 heterocycles. The summed E-state index contributed by atoms with van der Waals surface area (Å²) in [6.45, 7) is 6.09. The van der Waals surface area contributed by atoms with Crippen LogP contribution in [0.25, 0.3) is 21.9 Å². The van der Waals surface area contributed by atoms with E-state index < -0.39 is 0 Å². The summed E-state index contributed by atoms with van der Waals surface area (Å²) in [6, 6.07) is 10.0. The number of rotatable bonds is 4. The molecular formula is C25H27NO4. The number of aliphatic imine (C=N–C) groups is 1. The topological polar surface area (TPSA) is 60.3 Å². The van der Waals surface area contributed by atoms with Crippen LogP contribution < -0.4 is 14.2 Å². The van der Waals surface area contributed by atoms with Gasteiger partial charge in [-0.05, 0) is 55.8 Å². The van der Waals surface area contributed by atoms with E-state index in [1.807, 2.05) is 44.2 Å². The summed E-state index contributed by atoms with van der Waals surface area (Å²) < 4.78 is 17.2. The van der Waals surface area contributed by atoms with E-state index in [0.29, 0.717) is 28.2 Å². The number of benzene rings is 3. The van der Waals surface area contributed by atoms with Crippen molar-refractivity contribution < 1.29 is 19.3 Å². The first-order valence-electron chi connectivity index (χ1n) is 10.0. The molecule has 3 aromatic rings. The Morgan fingerprint density at radius 1 is 0.933 bits per heavy atom. The first-order chi connectivity index (χ1) is 14.4. The number of ether oxygens (including phenoxy) is 3. The van der Waals surface area contributed by atoms with Gasteiger partial charge in [-0.25, -0.2) is 0 Å². The van der Waals surface area contributed by atoms with Gasteiger partial charge in [0.25, 0.3) is 0 Å². The Bertz CT molecular complexity index is 1180. The molecule has 1 atom stereocenters. The third-order valence-electron chi connectivity index (χ3n) is 5.81. The molecule has 0 fully saturated rings. The zero-order valence-corrected chi connectivity index (χ0v) is 18.3. The van der Waals surface area contributed by atoms with E-state index in [0.717, 1.165) is 39.8 Å². The van der Waals surface area contributed by atoms with Crippen molar-refractivity contribution in [2.45, 2.75) is 33.2 Å². The Kier molecular flexibility index (Phi) is 5.06. The summed E-state index contributed by atoms with van der Waals surface area (Å²) in [5.74, 6) is 2.11. The predicted molar refractivity (Wildman–Crippen MR) is 121 cm³/mol. The maximum absolute atomic E-state index is 11.4. The second kappa shape index (κ2) is 7.56. The van der Waals surface area contributed by atoms with E-state index in [4.69, 9.17) is 19.2 Å². The SMILES string of the molecule is COc1cc2c(c(OC)c1-c1c(C)cc3cccc(OC)c3c1O)C(C)=NC(C)C2. The van der Waals surface area contributed by atoms with Gasteiger partial charge in [-0.3, -0.25) is 4.99 Å². The highest BCUT2D eigenvalue weighted by molar-refractivity contribution is 6.08. The Morgan fingerprint density at radius 2 is 1.67 bits per heavy atom. The van der Waals surface area contributed by atoms with Crippen molar-refractivity contribution in [2.24, 2.45) is 4.99 Å². The van der Waals surface area contributed by atoms with Crippen molar-refractivity contribution >= 4 is 16.5 Å². The quantitative estimate of drug-likeness (QED) is 0.640. The maximum Gasteiger partial charge on any atom is 0.139 e. The van der Waals surface area contributed by atoms with Gasteiger partial charge in [-0.1, -0.05) is 18.2 Å². The number of fused-ring (bicyclic) bond motifs is 2. The van der Waals surface area contributed by atoms with Crippen molar-refractivity contribution in [3.05, 3.63) is 47.0 Å². The Hall–Kier alpha value is -3.21. The molecule has 156 valence electrons. The van der Waals surface area contributed by atoms with Crippen molar-refractivity contribution in [3.63, 3.8) is 0 Å². The van der Waals surface area contributed by atoms with E-state index >= 15 is 0 Å². The van der Waals surface area contributed by atoms with Crippen LogP contribution in [0.2, 0.25) is 0 Å². The lowest BCUT2D eigenvalue weighted by Gasteiger charge is -2.26. The molecule has 1 aliphatic rings. The number of nitrogens with zero attached hydrogens (tertiary/aromatic N) is 1. The Balaban J connectivity index is 2.13. The smallest absolute Gasteiger partial charge is 0.139 e. The molecule has 0 saturated carbocycles. The molecule has 0 aromatic heterocycles. The fourth-order valence-corrected chi connectivity index (χ4v) is 4.63. The number of aryl methyl sites for hydroxylation is 1. The number of phenols is 1. The van der Waals surface area contributed by atoms with Gasteiger partial charge in [0.1, 0.15) is 23.0 Å². The van der Waals surface area contributed by atoms with Crippen LogP contribution in [0.4, 0.5) is 0 Å². The van der Waals surface area contributed by atoms with Crippen LogP contribution in [-0.2, 0) is 6.42 Å². The van der Waals surface area contributed by atoms with Crippen molar-refractivity contribution in [2.75, 3.05) is 21.3 Å². The van der Waals surface area contributed by atoms with E-state index in [1.54, 1.807) is 21.3 Å². The third-order valence-corrected chi connectivity index (χ3v) is 5.81. The molecule has 1 N–H and O–H groups in total. The lowest BCUT2D eigenvalue weighted by molar-refractivity contribution is 0.394. The molecule has 0 amide bonds. The van der Waals surface area contributed by atoms with Crippen molar-refractivity contribution in [3.8, 4) is 34.1 Å². The molecule has 0 bridgehead atoms. The highest BCUT2D eigenvalue weighted by Gasteiger charge is 2.29. The minimum absolute atomic E-state index is 0.151. The lowest BCUT2D eigenvalue weighted by atomic mass is 9.86. The van der Waals surface area contributed by atoms with Crippen LogP contribution in [0.5, 0.6) is 23.0 Å². The fraction of sp³-hybridized carbons (Fsp3) is 0.320. The number of hydrogen-bond donors (Lipinski definition) is 1. The predicted octanol–water partition coefficient (Wildman–Crippen LogP) is 5.30. The van der Waals surface area contributed by atoms with E-state index in [9.17, 15) is 5.11 Å². The summed E-state index contributed by atoms with van der Waals surface area (Å²) >= 11 is 0. The largest absolute Gasteiger partial charge is 0.506 e. The summed E-state index contributed by atoms with van der Waals surface area (Å²) in [7, 11) is 4.90. The number of aromatic hydroxyl groups is 1. The molecule has 1 unspecified atom stereocenters. The first kappa shape index (κ1) is 20.1. The highest BCUT2D eigenvalue weighted by atomic mass is 16.5. The zero-order valence-electron chi connectivity index (χ0n) is 18.3. The summed E-state index contributed by atoms with van der Waals surface area (Å²) in [6.07, 6.45) is 0.816. The molecule has 0 saturated heterocycles. The van der Waals surface area contributed by atoms with Gasteiger partial charge in [0.15, 0.2) is 0 Å². The van der Waals surface area contributed by atoms with Crippen LogP contribution in [0.3, 0.4) is 0 Å². The van der Waals surface area contributed by atoms with Crippen molar-refractivity contribution in [1.82, 2.24) is 0 Å². The first-order valence-corrected chi connectivity index (χ1v) is 10.0. The number of hydrogen-bond acceptors (Lipinski definition) is 5. The monoisotopic (exact) mass is 405 g/mol. The molecule has 5 heteroatoms. The van der Waals surface area contributed by atoms with Crippen LogP contribution >= 0.6 is 0 Å². The molecule has 3 aromatic carbocycles. The second-order valence-corrected chi connectivity index (χ2v) is 7.76. The third kappa shape index (κ3) is 2.96. The van der Waals surface area contributed by atoms with Crippen LogP contribution in [0.1, 0.15) is 30.5 Å². The van der Waals surface area contributed by atoms with Crippen LogP contribution in [0, 0.1) is 6.92 Å². The Labute approximate surface area is 176 Å². The summed E-state index contributed by atoms with van der Waals surface area (Å²) in [5.41, 5.74) is 5.37. The zero-order chi connectivity index (χ0) is 21.6. The minimum Gasteiger partial charge on any atom is -0.506 e. The molecule has 0 aliphatic carbocycles. The van der Waals surface area contributed by atoms with Gasteiger partial charge in [0, 0.05) is 16.8 Å². The molecule has 5 nitrogen and oxygen atoms in total. The average Bonchev–Trinajstić information content (AvgIpc) is 2.72. The van der Waals surface area contributed by atoms with Gasteiger partial charge >= 0.3 is 0 Å². The Morgan fingerprint density at radius 3 is 2.33 bits per heavy atom. The van der Waals surface area contributed by atoms with Crippen LogP contribution in [0.15, 0.2) is 35.3 Å². The van der Waals surface area contributed by atoms with Gasteiger partial charge in [-0.2, -0.15) is 0 Å². The van der Waals surface area contributed by atoms with Gasteiger partial charge < -0.3 is 19.3 Å². The lowest BCUT2D eigenvalue weighted by Crippen LogP contribution is -2.18. The van der Waals surface area contributed by atoms with Gasteiger partial charge in [0.05, 0.1) is 38.3 Å². The molecular weight excluding hydrogens is 378 g/mol. The van der Waals surface area contributed by atoms with Gasteiger partial charge in [0.2, 0.25) is 0 Å². The summed E-state index contributed by atoms with van der Waals surface area (Å²) in [5, 5.41) is 13.0. The molecule has 0 radical (unpaired) electrons. The second-order valence-electron chi connectivity index (χ2n) is 7.76. The molecule has 1 aliphatic heterocycles. The minimum atomic E-state index is 0.151. The van der Waals surface area contributed by atoms with E-state index in [-0.39, 0.29) is 11.8 Å². The molecule has 0 spiro atoms. The average molecular weight is 405 g/mol. The number of phenolic OH excluding ortho intramolecular Hbond substituents is 1. The van der Waals surface area contributed by atoms with E-state index in [1.165, 1.54) is 0 Å². The van der Waals surface area contributed by atoms with Crippen molar-refractivity contribution in [1.29, 1.82) is 0 Å². The highest BCUT2D eigenvalue weighted by Crippen LogP contribution is 2.51. The maximum atomic E-state index is 11.4. The normalized spacial score (nSPS) is 15.5. The fourth-order valence-electron chi connectivity index (χ4n) is 4.63. The molecule has 30 heavy (non-hydrogen) atoms. The standard InChI is InChI=1S/C25H27NO4/c1-13-10-16-8-7-9-18(28-4)22(16)24(27)20(13)23-19(29-5)12-17-11-14(2)26-15(3)21(17)25(23)30-6/h7-10,12,14,27H,11H2,1-6H3. The summed E-state index contributed by atoms with van der Waals surface area (Å²) in [4.78, 5) is 4.76. The van der Waals surface area contributed by atoms with Crippen LogP contribution in [-0.4, -0.2) is 38.2 Å². The molecule has 4 rings (SSSR count). The van der Waals surface area contributed by atoms with Gasteiger partial charge in [-0.15, -0.1) is 0 Å².